The number of aromatic nitrogens is 2. The fourth-order valence-electron chi connectivity index (χ4n) is 1.71. The van der Waals surface area contributed by atoms with Gasteiger partial charge in [-0.3, -0.25) is 5.10 Å². The van der Waals surface area contributed by atoms with Crippen LogP contribution < -0.4 is 9.46 Å². The first-order valence-corrected chi connectivity index (χ1v) is 7.14. The Balaban J connectivity index is 2.17. The number of para-hydroxylation sites is 1. The maximum Gasteiger partial charge on any atom is 0.244 e. The molecule has 0 aliphatic rings. The number of rotatable bonds is 5. The molecule has 2 aromatic rings. The van der Waals surface area contributed by atoms with Crippen LogP contribution in [0.25, 0.3) is 0 Å². The van der Waals surface area contributed by atoms with E-state index in [1.165, 1.54) is 6.20 Å². The molecule has 0 saturated carbocycles. The molecular formula is C12H15N3O3S. The number of benzene rings is 1. The van der Waals surface area contributed by atoms with E-state index in [1.54, 1.807) is 20.1 Å². The van der Waals surface area contributed by atoms with Gasteiger partial charge in [0.15, 0.2) is 0 Å². The molecule has 1 aromatic heterocycles. The summed E-state index contributed by atoms with van der Waals surface area (Å²) in [6.45, 7) is 1.82. The second-order valence-electron chi connectivity index (χ2n) is 4.00. The molecule has 0 atom stereocenters. The van der Waals surface area contributed by atoms with Crippen molar-refractivity contribution < 1.29 is 13.2 Å². The number of sulfonamides is 1. The summed E-state index contributed by atoms with van der Waals surface area (Å²) in [7, 11) is -2.02. The van der Waals surface area contributed by atoms with Crippen LogP contribution in [0.3, 0.4) is 0 Å². The second-order valence-corrected chi connectivity index (χ2v) is 5.73. The predicted molar refractivity (Wildman–Crippen MR) is 70.3 cm³/mol. The summed E-state index contributed by atoms with van der Waals surface area (Å²) in [6.07, 6.45) is 1.29. The van der Waals surface area contributed by atoms with E-state index >= 15 is 0 Å². The number of aromatic amines is 1. The highest BCUT2D eigenvalue weighted by Gasteiger charge is 2.18. The minimum atomic E-state index is -3.57. The average Bonchev–Trinajstić information content (AvgIpc) is 2.84. The standard InChI is InChI=1S/C12H15N3O3S/c1-9-12(8-13-15-9)19(16,17)14-7-10-5-3-4-6-11(10)18-2/h3-6,8,14H,7H2,1-2H3,(H,13,15). The van der Waals surface area contributed by atoms with Crippen molar-refractivity contribution >= 4 is 10.0 Å². The fourth-order valence-corrected chi connectivity index (χ4v) is 2.85. The lowest BCUT2D eigenvalue weighted by molar-refractivity contribution is 0.409. The normalized spacial score (nSPS) is 11.5. The maximum atomic E-state index is 12.1. The van der Waals surface area contributed by atoms with Gasteiger partial charge < -0.3 is 4.74 Å². The number of hydrogen-bond donors (Lipinski definition) is 2. The molecule has 0 spiro atoms. The number of ether oxygens (including phenoxy) is 1. The minimum Gasteiger partial charge on any atom is -0.496 e. The van der Waals surface area contributed by atoms with Crippen molar-refractivity contribution in [2.24, 2.45) is 0 Å². The van der Waals surface area contributed by atoms with Crippen LogP contribution in [0.2, 0.25) is 0 Å². The lowest BCUT2D eigenvalue weighted by Crippen LogP contribution is -2.23. The van der Waals surface area contributed by atoms with Crippen LogP contribution >= 0.6 is 0 Å². The smallest absolute Gasteiger partial charge is 0.244 e. The number of nitrogens with one attached hydrogen (secondary N) is 2. The summed E-state index contributed by atoms with van der Waals surface area (Å²) in [4.78, 5) is 0.155. The Labute approximate surface area is 111 Å². The van der Waals surface area contributed by atoms with Gasteiger partial charge in [-0.15, -0.1) is 0 Å². The molecule has 0 aliphatic carbocycles. The van der Waals surface area contributed by atoms with E-state index in [0.29, 0.717) is 11.4 Å². The topological polar surface area (TPSA) is 84.1 Å². The summed E-state index contributed by atoms with van der Waals surface area (Å²) < 4.78 is 31.8. The lowest BCUT2D eigenvalue weighted by atomic mass is 10.2. The first kappa shape index (κ1) is 13.6. The van der Waals surface area contributed by atoms with Gasteiger partial charge in [0, 0.05) is 12.1 Å². The van der Waals surface area contributed by atoms with Crippen LogP contribution in [-0.4, -0.2) is 25.7 Å². The van der Waals surface area contributed by atoms with Crippen LogP contribution in [0, 0.1) is 6.92 Å². The van der Waals surface area contributed by atoms with Gasteiger partial charge in [0.25, 0.3) is 0 Å². The Hall–Kier alpha value is -1.86. The van der Waals surface area contributed by atoms with E-state index in [1.807, 2.05) is 18.2 Å². The third-order valence-electron chi connectivity index (χ3n) is 2.72. The Kier molecular flexibility index (Phi) is 3.87. The highest BCUT2D eigenvalue weighted by molar-refractivity contribution is 7.89. The van der Waals surface area contributed by atoms with Crippen LogP contribution in [0.5, 0.6) is 5.75 Å². The molecule has 0 bridgehead atoms. The van der Waals surface area contributed by atoms with Gasteiger partial charge >= 0.3 is 0 Å². The van der Waals surface area contributed by atoms with Crippen molar-refractivity contribution in [2.75, 3.05) is 7.11 Å². The van der Waals surface area contributed by atoms with E-state index < -0.39 is 10.0 Å². The van der Waals surface area contributed by atoms with Crippen molar-refractivity contribution in [2.45, 2.75) is 18.4 Å². The Morgan fingerprint density at radius 1 is 1.37 bits per heavy atom. The van der Waals surface area contributed by atoms with Crippen molar-refractivity contribution in [1.29, 1.82) is 0 Å². The molecule has 0 radical (unpaired) electrons. The fraction of sp³-hybridized carbons (Fsp3) is 0.250. The Morgan fingerprint density at radius 2 is 2.11 bits per heavy atom. The number of hydrogen-bond acceptors (Lipinski definition) is 4. The molecule has 102 valence electrons. The van der Waals surface area contributed by atoms with E-state index in [0.717, 1.165) is 5.56 Å². The van der Waals surface area contributed by atoms with Crippen molar-refractivity contribution in [1.82, 2.24) is 14.9 Å². The number of H-pyrrole nitrogens is 1. The summed E-state index contributed by atoms with van der Waals surface area (Å²) >= 11 is 0. The van der Waals surface area contributed by atoms with Crippen molar-refractivity contribution in [3.05, 3.63) is 41.7 Å². The molecule has 1 aromatic carbocycles. The summed E-state index contributed by atoms with van der Waals surface area (Å²) in [5, 5.41) is 6.31. The van der Waals surface area contributed by atoms with Gasteiger partial charge in [-0.05, 0) is 13.0 Å². The molecule has 7 heteroatoms. The van der Waals surface area contributed by atoms with Gasteiger partial charge in [0.05, 0.1) is 19.0 Å². The van der Waals surface area contributed by atoms with E-state index in [9.17, 15) is 8.42 Å². The van der Waals surface area contributed by atoms with E-state index in [2.05, 4.69) is 14.9 Å². The van der Waals surface area contributed by atoms with Gasteiger partial charge in [-0.25, -0.2) is 13.1 Å². The highest BCUT2D eigenvalue weighted by atomic mass is 32.2. The minimum absolute atomic E-state index is 0.155. The molecular weight excluding hydrogens is 266 g/mol. The highest BCUT2D eigenvalue weighted by Crippen LogP contribution is 2.18. The molecule has 0 amide bonds. The second kappa shape index (κ2) is 5.41. The van der Waals surface area contributed by atoms with Crippen LogP contribution in [0.4, 0.5) is 0 Å². The monoisotopic (exact) mass is 281 g/mol. The SMILES string of the molecule is COc1ccccc1CNS(=O)(=O)c1cn[nH]c1C. The van der Waals surface area contributed by atoms with E-state index in [-0.39, 0.29) is 11.4 Å². The number of nitrogens with zero attached hydrogens (tertiary/aromatic N) is 1. The van der Waals surface area contributed by atoms with Gasteiger partial charge in [0.2, 0.25) is 10.0 Å². The molecule has 0 fully saturated rings. The zero-order chi connectivity index (χ0) is 13.9. The van der Waals surface area contributed by atoms with Crippen LogP contribution in [0.1, 0.15) is 11.3 Å². The molecule has 2 N–H and O–H groups in total. The third-order valence-corrected chi connectivity index (χ3v) is 4.23. The summed E-state index contributed by atoms with van der Waals surface area (Å²) in [5.41, 5.74) is 1.28. The number of methoxy groups -OCH3 is 1. The van der Waals surface area contributed by atoms with Gasteiger partial charge in [-0.2, -0.15) is 5.10 Å². The Bertz CT molecular complexity index is 664. The first-order chi connectivity index (χ1) is 9.04. The zero-order valence-corrected chi connectivity index (χ0v) is 11.5. The van der Waals surface area contributed by atoms with Crippen molar-refractivity contribution in [3.8, 4) is 5.75 Å². The number of aryl methyl sites for hydroxylation is 1. The Morgan fingerprint density at radius 3 is 2.74 bits per heavy atom. The van der Waals surface area contributed by atoms with Crippen LogP contribution in [-0.2, 0) is 16.6 Å². The van der Waals surface area contributed by atoms with Gasteiger partial charge in [-0.1, -0.05) is 18.2 Å². The average molecular weight is 281 g/mol. The third kappa shape index (κ3) is 2.94. The van der Waals surface area contributed by atoms with E-state index in [4.69, 9.17) is 4.74 Å². The molecule has 0 unspecified atom stereocenters. The zero-order valence-electron chi connectivity index (χ0n) is 10.7. The quantitative estimate of drug-likeness (QED) is 0.862. The molecule has 1 heterocycles. The lowest BCUT2D eigenvalue weighted by Gasteiger charge is -2.09. The summed E-state index contributed by atoms with van der Waals surface area (Å²) in [5.74, 6) is 0.647. The molecule has 6 nitrogen and oxygen atoms in total. The molecule has 0 aliphatic heterocycles. The molecule has 19 heavy (non-hydrogen) atoms. The van der Waals surface area contributed by atoms with Crippen LogP contribution in [0.15, 0.2) is 35.4 Å². The van der Waals surface area contributed by atoms with Gasteiger partial charge in [0.1, 0.15) is 10.6 Å². The van der Waals surface area contributed by atoms with Crippen molar-refractivity contribution in [3.63, 3.8) is 0 Å². The first-order valence-electron chi connectivity index (χ1n) is 5.66. The largest absolute Gasteiger partial charge is 0.496 e. The predicted octanol–water partition coefficient (Wildman–Crippen LogP) is 1.21. The maximum absolute atomic E-state index is 12.1. The molecule has 2 rings (SSSR count). The molecule has 0 saturated heterocycles. The summed E-state index contributed by atoms with van der Waals surface area (Å²) in [6, 6.07) is 7.25.